The van der Waals surface area contributed by atoms with Crippen LogP contribution in [0.1, 0.15) is 23.5 Å². The van der Waals surface area contributed by atoms with Crippen molar-refractivity contribution in [3.05, 3.63) is 71.8 Å². The van der Waals surface area contributed by atoms with Gasteiger partial charge in [-0.2, -0.15) is 0 Å². The average Bonchev–Trinajstić information content (AvgIpc) is 3.18. The van der Waals surface area contributed by atoms with Gasteiger partial charge in [0.1, 0.15) is 6.61 Å². The third-order valence-corrected chi connectivity index (χ3v) is 4.26. The molecule has 0 spiro atoms. The summed E-state index contributed by atoms with van der Waals surface area (Å²) in [6.07, 6.45) is 1.24. The van der Waals surface area contributed by atoms with E-state index in [1.165, 1.54) is 12.0 Å². The smallest absolute Gasteiger partial charge is 0.216 e. The van der Waals surface area contributed by atoms with Crippen LogP contribution in [0.3, 0.4) is 0 Å². The van der Waals surface area contributed by atoms with Crippen molar-refractivity contribution >= 4 is 5.90 Å². The van der Waals surface area contributed by atoms with Gasteiger partial charge in [0, 0.05) is 5.56 Å². The zero-order chi connectivity index (χ0) is 13.4. The monoisotopic (exact) mass is 263 g/mol. The van der Waals surface area contributed by atoms with Crippen molar-refractivity contribution in [3.63, 3.8) is 0 Å². The molecular weight excluding hydrogens is 246 g/mol. The van der Waals surface area contributed by atoms with Gasteiger partial charge < -0.3 is 4.74 Å². The van der Waals surface area contributed by atoms with Crippen LogP contribution in [-0.4, -0.2) is 18.5 Å². The lowest BCUT2D eigenvalue weighted by Crippen LogP contribution is -2.09. The molecule has 0 saturated heterocycles. The Morgan fingerprint density at radius 3 is 2.35 bits per heavy atom. The highest BCUT2D eigenvalue weighted by Crippen LogP contribution is 2.51. The molecule has 2 nitrogen and oxygen atoms in total. The molecule has 0 amide bonds. The average molecular weight is 263 g/mol. The molecule has 20 heavy (non-hydrogen) atoms. The highest BCUT2D eigenvalue weighted by molar-refractivity contribution is 5.95. The SMILES string of the molecule is c1ccc(C2=N[C@H]([C@H]3C[C@H]3c3ccccc3)CO2)cc1. The molecule has 1 aliphatic carbocycles. The van der Waals surface area contributed by atoms with Crippen molar-refractivity contribution in [1.82, 2.24) is 0 Å². The number of hydrogen-bond acceptors (Lipinski definition) is 2. The second kappa shape index (κ2) is 4.78. The van der Waals surface area contributed by atoms with E-state index in [9.17, 15) is 0 Å². The maximum absolute atomic E-state index is 5.79. The van der Waals surface area contributed by atoms with E-state index in [2.05, 4.69) is 42.5 Å². The summed E-state index contributed by atoms with van der Waals surface area (Å²) in [4.78, 5) is 4.79. The summed E-state index contributed by atoms with van der Waals surface area (Å²) in [6.45, 7) is 0.734. The quantitative estimate of drug-likeness (QED) is 0.828. The van der Waals surface area contributed by atoms with E-state index in [0.717, 1.165) is 18.1 Å². The molecule has 2 aromatic rings. The van der Waals surface area contributed by atoms with Gasteiger partial charge in [-0.25, -0.2) is 4.99 Å². The highest BCUT2D eigenvalue weighted by atomic mass is 16.5. The topological polar surface area (TPSA) is 21.6 Å². The summed E-state index contributed by atoms with van der Waals surface area (Å²) in [7, 11) is 0. The predicted molar refractivity (Wildman–Crippen MR) is 80.0 cm³/mol. The Morgan fingerprint density at radius 1 is 0.900 bits per heavy atom. The van der Waals surface area contributed by atoms with Crippen molar-refractivity contribution < 1.29 is 4.74 Å². The van der Waals surface area contributed by atoms with Gasteiger partial charge in [-0.15, -0.1) is 0 Å². The Bertz CT molecular complexity index is 620. The lowest BCUT2D eigenvalue weighted by atomic mass is 10.1. The van der Waals surface area contributed by atoms with Gasteiger partial charge >= 0.3 is 0 Å². The molecule has 4 rings (SSSR count). The lowest BCUT2D eigenvalue weighted by Gasteiger charge is -2.03. The van der Waals surface area contributed by atoms with Crippen LogP contribution in [0.25, 0.3) is 0 Å². The second-order valence-corrected chi connectivity index (χ2v) is 5.60. The third-order valence-electron chi connectivity index (χ3n) is 4.26. The van der Waals surface area contributed by atoms with Crippen LogP contribution in [0, 0.1) is 5.92 Å². The Hall–Kier alpha value is -2.09. The number of hydrogen-bond donors (Lipinski definition) is 0. The van der Waals surface area contributed by atoms with E-state index in [0.29, 0.717) is 17.9 Å². The molecule has 0 bridgehead atoms. The number of nitrogens with zero attached hydrogens (tertiary/aromatic N) is 1. The summed E-state index contributed by atoms with van der Waals surface area (Å²) in [5.74, 6) is 2.14. The first kappa shape index (κ1) is 11.7. The number of aliphatic imine (C=N–C) groups is 1. The maximum atomic E-state index is 5.79. The molecule has 0 N–H and O–H groups in total. The molecule has 2 aliphatic rings. The van der Waals surface area contributed by atoms with Crippen molar-refractivity contribution in [1.29, 1.82) is 0 Å². The highest BCUT2D eigenvalue weighted by Gasteiger charge is 2.45. The molecule has 1 saturated carbocycles. The van der Waals surface area contributed by atoms with E-state index >= 15 is 0 Å². The van der Waals surface area contributed by atoms with Gasteiger partial charge in [0.25, 0.3) is 0 Å². The summed E-state index contributed by atoms with van der Waals surface area (Å²) in [6, 6.07) is 21.3. The molecule has 2 heteroatoms. The largest absolute Gasteiger partial charge is 0.475 e. The minimum Gasteiger partial charge on any atom is -0.475 e. The van der Waals surface area contributed by atoms with Crippen LogP contribution in [-0.2, 0) is 4.74 Å². The van der Waals surface area contributed by atoms with Crippen LogP contribution in [0.2, 0.25) is 0 Å². The van der Waals surface area contributed by atoms with Crippen LogP contribution in [0.15, 0.2) is 65.7 Å². The minimum atomic E-state index is 0.329. The van der Waals surface area contributed by atoms with Gasteiger partial charge in [0.15, 0.2) is 0 Å². The number of ether oxygens (including phenoxy) is 1. The van der Waals surface area contributed by atoms with Crippen molar-refractivity contribution in [2.45, 2.75) is 18.4 Å². The Labute approximate surface area is 119 Å². The van der Waals surface area contributed by atoms with Crippen LogP contribution < -0.4 is 0 Å². The van der Waals surface area contributed by atoms with Gasteiger partial charge in [-0.3, -0.25) is 0 Å². The lowest BCUT2D eigenvalue weighted by molar-refractivity contribution is 0.305. The number of benzene rings is 2. The van der Waals surface area contributed by atoms with Gasteiger partial charge in [0.2, 0.25) is 5.90 Å². The minimum absolute atomic E-state index is 0.329. The first-order chi connectivity index (χ1) is 9.92. The molecule has 1 fully saturated rings. The summed E-state index contributed by atoms with van der Waals surface area (Å²) in [5.41, 5.74) is 2.53. The fourth-order valence-electron chi connectivity index (χ4n) is 3.07. The third kappa shape index (κ3) is 2.11. The maximum Gasteiger partial charge on any atom is 0.216 e. The van der Waals surface area contributed by atoms with E-state index in [1.807, 2.05) is 18.2 Å². The van der Waals surface area contributed by atoms with Crippen molar-refractivity contribution in [3.8, 4) is 0 Å². The Morgan fingerprint density at radius 2 is 1.60 bits per heavy atom. The molecule has 100 valence electrons. The first-order valence-corrected chi connectivity index (χ1v) is 7.23. The fourth-order valence-corrected chi connectivity index (χ4v) is 3.07. The summed E-state index contributed by atoms with van der Waals surface area (Å²) in [5, 5.41) is 0. The Balaban J connectivity index is 1.49. The number of rotatable bonds is 3. The molecule has 0 unspecified atom stereocenters. The van der Waals surface area contributed by atoms with Crippen molar-refractivity contribution in [2.24, 2.45) is 10.9 Å². The normalized spacial score (nSPS) is 27.8. The summed E-state index contributed by atoms with van der Waals surface area (Å²) >= 11 is 0. The second-order valence-electron chi connectivity index (χ2n) is 5.60. The first-order valence-electron chi connectivity index (χ1n) is 7.23. The zero-order valence-electron chi connectivity index (χ0n) is 11.3. The van der Waals surface area contributed by atoms with Crippen LogP contribution in [0.4, 0.5) is 0 Å². The molecule has 2 aromatic carbocycles. The van der Waals surface area contributed by atoms with E-state index < -0.39 is 0 Å². The molecule has 0 radical (unpaired) electrons. The molecule has 1 heterocycles. The Kier molecular flexibility index (Phi) is 2.80. The molecule has 3 atom stereocenters. The molecule has 0 aromatic heterocycles. The predicted octanol–water partition coefficient (Wildman–Crippen LogP) is 3.64. The van der Waals surface area contributed by atoms with Crippen LogP contribution >= 0.6 is 0 Å². The van der Waals surface area contributed by atoms with Crippen LogP contribution in [0.5, 0.6) is 0 Å². The van der Waals surface area contributed by atoms with E-state index in [4.69, 9.17) is 9.73 Å². The van der Waals surface area contributed by atoms with Crippen molar-refractivity contribution in [2.75, 3.05) is 6.61 Å². The van der Waals surface area contributed by atoms with E-state index in [-0.39, 0.29) is 0 Å². The van der Waals surface area contributed by atoms with Gasteiger partial charge in [-0.05, 0) is 36.0 Å². The van der Waals surface area contributed by atoms with Gasteiger partial charge in [-0.1, -0.05) is 48.5 Å². The standard InChI is InChI=1S/C18H17NO/c1-3-7-13(8-4-1)15-11-16(15)17-12-20-18(19-17)14-9-5-2-6-10-14/h1-10,15-17H,11-12H2/t15-,16-,17-/m0/s1. The van der Waals surface area contributed by atoms with E-state index in [1.54, 1.807) is 0 Å². The fraction of sp³-hybridized carbons (Fsp3) is 0.278. The summed E-state index contributed by atoms with van der Waals surface area (Å²) < 4.78 is 5.79. The zero-order valence-corrected chi connectivity index (χ0v) is 11.3. The molecular formula is C18H17NO. The molecule has 1 aliphatic heterocycles. The van der Waals surface area contributed by atoms with Gasteiger partial charge in [0.05, 0.1) is 6.04 Å².